The first-order valence-corrected chi connectivity index (χ1v) is 9.40. The van der Waals surface area contributed by atoms with Crippen molar-refractivity contribution in [2.45, 2.75) is 37.6 Å². The Morgan fingerprint density at radius 1 is 1.00 bits per heavy atom. The molecule has 0 bridgehead atoms. The fourth-order valence-corrected chi connectivity index (χ4v) is 3.25. The number of nitrogens with one attached hydrogen (secondary N) is 1. The van der Waals surface area contributed by atoms with E-state index < -0.39 is 10.0 Å². The van der Waals surface area contributed by atoms with E-state index >= 15 is 0 Å². The predicted molar refractivity (Wildman–Crippen MR) is 99.8 cm³/mol. The van der Waals surface area contributed by atoms with Crippen LogP contribution in [0.5, 0.6) is 0 Å². The van der Waals surface area contributed by atoms with Crippen molar-refractivity contribution in [3.05, 3.63) is 59.7 Å². The summed E-state index contributed by atoms with van der Waals surface area (Å²) in [6.45, 7) is 7.22. The molecule has 0 saturated carbocycles. The minimum Gasteiger partial charge on any atom is -0.381 e. The standard InChI is InChI=1S/C19H26N2O2S/c1-19(2,3)16-11-9-15(10-12-16)14-20-17-7-6-8-18(13-17)24(22,23)21(4)5/h6-13,20H,14H2,1-5H3. The average Bonchev–Trinajstić information content (AvgIpc) is 2.52. The molecule has 0 aliphatic rings. The van der Waals surface area contributed by atoms with Gasteiger partial charge in [0.2, 0.25) is 10.0 Å². The van der Waals surface area contributed by atoms with E-state index in [-0.39, 0.29) is 5.41 Å². The third-order valence-corrected chi connectivity index (χ3v) is 5.74. The molecule has 0 heterocycles. The van der Waals surface area contributed by atoms with Crippen LogP contribution in [-0.4, -0.2) is 26.8 Å². The Kier molecular flexibility index (Phi) is 5.35. The minimum absolute atomic E-state index is 0.140. The van der Waals surface area contributed by atoms with Crippen LogP contribution >= 0.6 is 0 Å². The zero-order valence-corrected chi connectivity index (χ0v) is 15.8. The molecule has 0 unspecified atom stereocenters. The Hall–Kier alpha value is -1.85. The molecule has 0 atom stereocenters. The first kappa shape index (κ1) is 18.5. The van der Waals surface area contributed by atoms with Crippen LogP contribution in [0.2, 0.25) is 0 Å². The van der Waals surface area contributed by atoms with Crippen molar-refractivity contribution >= 4 is 15.7 Å². The van der Waals surface area contributed by atoms with Crippen molar-refractivity contribution in [1.29, 1.82) is 0 Å². The molecule has 130 valence electrons. The second-order valence-electron chi connectivity index (χ2n) is 7.12. The SMILES string of the molecule is CN(C)S(=O)(=O)c1cccc(NCc2ccc(C(C)(C)C)cc2)c1. The summed E-state index contributed by atoms with van der Waals surface area (Å²) < 4.78 is 25.6. The first-order valence-electron chi connectivity index (χ1n) is 7.96. The highest BCUT2D eigenvalue weighted by molar-refractivity contribution is 7.89. The normalized spacial score (nSPS) is 12.4. The number of benzene rings is 2. The monoisotopic (exact) mass is 346 g/mol. The highest BCUT2D eigenvalue weighted by Crippen LogP contribution is 2.23. The van der Waals surface area contributed by atoms with Gasteiger partial charge in [-0.2, -0.15) is 0 Å². The summed E-state index contributed by atoms with van der Waals surface area (Å²) >= 11 is 0. The molecular formula is C19H26N2O2S. The van der Waals surface area contributed by atoms with Crippen LogP contribution in [0, 0.1) is 0 Å². The minimum atomic E-state index is -3.41. The molecule has 2 aromatic carbocycles. The summed E-state index contributed by atoms with van der Waals surface area (Å²) in [7, 11) is -0.343. The van der Waals surface area contributed by atoms with E-state index in [1.165, 1.54) is 24.0 Å². The van der Waals surface area contributed by atoms with Gasteiger partial charge in [0, 0.05) is 26.3 Å². The Bertz CT molecular complexity index is 789. The zero-order chi connectivity index (χ0) is 18.0. The maximum absolute atomic E-state index is 12.2. The van der Waals surface area contributed by atoms with Gasteiger partial charge in [0.25, 0.3) is 0 Å². The Morgan fingerprint density at radius 2 is 1.62 bits per heavy atom. The van der Waals surface area contributed by atoms with Crippen molar-refractivity contribution < 1.29 is 8.42 Å². The zero-order valence-electron chi connectivity index (χ0n) is 15.0. The topological polar surface area (TPSA) is 49.4 Å². The number of rotatable bonds is 5. The van der Waals surface area contributed by atoms with Gasteiger partial charge in [-0.05, 0) is 34.7 Å². The summed E-state index contributed by atoms with van der Waals surface area (Å²) in [4.78, 5) is 0.292. The molecule has 1 N–H and O–H groups in total. The van der Waals surface area contributed by atoms with Crippen LogP contribution in [0.15, 0.2) is 53.4 Å². The van der Waals surface area contributed by atoms with Crippen LogP contribution in [0.25, 0.3) is 0 Å². The smallest absolute Gasteiger partial charge is 0.242 e. The number of sulfonamides is 1. The third-order valence-electron chi connectivity index (χ3n) is 3.93. The highest BCUT2D eigenvalue weighted by atomic mass is 32.2. The van der Waals surface area contributed by atoms with Crippen molar-refractivity contribution in [1.82, 2.24) is 4.31 Å². The fraction of sp³-hybridized carbons (Fsp3) is 0.368. The molecule has 5 heteroatoms. The molecule has 0 aliphatic carbocycles. The molecule has 4 nitrogen and oxygen atoms in total. The van der Waals surface area contributed by atoms with Crippen LogP contribution in [0.4, 0.5) is 5.69 Å². The van der Waals surface area contributed by atoms with Gasteiger partial charge in [0.15, 0.2) is 0 Å². The molecule has 0 radical (unpaired) electrons. The molecule has 0 aliphatic heterocycles. The molecular weight excluding hydrogens is 320 g/mol. The second-order valence-corrected chi connectivity index (χ2v) is 9.27. The molecule has 24 heavy (non-hydrogen) atoms. The van der Waals surface area contributed by atoms with Crippen molar-refractivity contribution in [2.75, 3.05) is 19.4 Å². The molecule has 0 amide bonds. The summed E-state index contributed by atoms with van der Waals surface area (Å²) in [5.41, 5.74) is 3.38. The molecule has 2 aromatic rings. The van der Waals surface area contributed by atoms with E-state index in [0.29, 0.717) is 11.4 Å². The van der Waals surface area contributed by atoms with E-state index in [4.69, 9.17) is 0 Å². The number of anilines is 1. The number of nitrogens with zero attached hydrogens (tertiary/aromatic N) is 1. The van der Waals surface area contributed by atoms with E-state index in [0.717, 1.165) is 11.3 Å². The Balaban J connectivity index is 2.10. The maximum Gasteiger partial charge on any atom is 0.242 e. The van der Waals surface area contributed by atoms with Crippen LogP contribution in [-0.2, 0) is 22.0 Å². The Morgan fingerprint density at radius 3 is 2.17 bits per heavy atom. The molecule has 0 fully saturated rings. The van der Waals surface area contributed by atoms with Gasteiger partial charge >= 0.3 is 0 Å². The van der Waals surface area contributed by atoms with Crippen molar-refractivity contribution in [3.8, 4) is 0 Å². The van der Waals surface area contributed by atoms with Crippen LogP contribution in [0.1, 0.15) is 31.9 Å². The Labute approximate surface area is 145 Å². The average molecular weight is 346 g/mol. The lowest BCUT2D eigenvalue weighted by molar-refractivity contribution is 0.521. The van der Waals surface area contributed by atoms with Crippen molar-refractivity contribution in [2.24, 2.45) is 0 Å². The van der Waals surface area contributed by atoms with Gasteiger partial charge in [0.05, 0.1) is 4.90 Å². The molecule has 2 rings (SSSR count). The van der Waals surface area contributed by atoms with E-state index in [1.807, 2.05) is 6.07 Å². The van der Waals surface area contributed by atoms with Gasteiger partial charge in [0.1, 0.15) is 0 Å². The van der Waals surface area contributed by atoms with Crippen molar-refractivity contribution in [3.63, 3.8) is 0 Å². The first-order chi connectivity index (χ1) is 11.1. The van der Waals surface area contributed by atoms with Gasteiger partial charge < -0.3 is 5.32 Å². The largest absolute Gasteiger partial charge is 0.381 e. The van der Waals surface area contributed by atoms with Crippen LogP contribution < -0.4 is 5.32 Å². The predicted octanol–water partition coefficient (Wildman–Crippen LogP) is 3.85. The van der Waals surface area contributed by atoms with Gasteiger partial charge in [-0.3, -0.25) is 0 Å². The van der Waals surface area contributed by atoms with E-state index in [2.05, 4.69) is 50.4 Å². The summed E-state index contributed by atoms with van der Waals surface area (Å²) in [6.07, 6.45) is 0. The van der Waals surface area contributed by atoms with E-state index in [1.54, 1.807) is 18.2 Å². The third kappa shape index (κ3) is 4.36. The van der Waals surface area contributed by atoms with E-state index in [9.17, 15) is 8.42 Å². The lowest BCUT2D eigenvalue weighted by Crippen LogP contribution is -2.22. The van der Waals surface area contributed by atoms with Gasteiger partial charge in [-0.1, -0.05) is 51.1 Å². The van der Waals surface area contributed by atoms with Crippen LogP contribution in [0.3, 0.4) is 0 Å². The number of hydrogen-bond donors (Lipinski definition) is 1. The molecule has 0 saturated heterocycles. The molecule has 0 spiro atoms. The molecule has 0 aromatic heterocycles. The number of hydrogen-bond acceptors (Lipinski definition) is 3. The summed E-state index contributed by atoms with van der Waals surface area (Å²) in [5.74, 6) is 0. The maximum atomic E-state index is 12.2. The lowest BCUT2D eigenvalue weighted by atomic mass is 9.87. The second kappa shape index (κ2) is 6.95. The summed E-state index contributed by atoms with van der Waals surface area (Å²) in [5, 5.41) is 3.29. The van der Waals surface area contributed by atoms with Gasteiger partial charge in [-0.25, -0.2) is 12.7 Å². The van der Waals surface area contributed by atoms with Gasteiger partial charge in [-0.15, -0.1) is 0 Å². The highest BCUT2D eigenvalue weighted by Gasteiger charge is 2.17. The quantitative estimate of drug-likeness (QED) is 0.895. The fourth-order valence-electron chi connectivity index (χ4n) is 2.30. The summed E-state index contributed by atoms with van der Waals surface area (Å²) in [6, 6.07) is 15.4. The lowest BCUT2D eigenvalue weighted by Gasteiger charge is -2.19.